The average molecular weight is 425 g/mol. The van der Waals surface area contributed by atoms with Crippen LogP contribution in [0.3, 0.4) is 0 Å². The van der Waals surface area contributed by atoms with E-state index in [-0.39, 0.29) is 6.03 Å². The van der Waals surface area contributed by atoms with Gasteiger partial charge in [-0.3, -0.25) is 9.78 Å². The lowest BCUT2D eigenvalue weighted by Crippen LogP contribution is -2.41. The summed E-state index contributed by atoms with van der Waals surface area (Å²) < 4.78 is 0. The summed E-state index contributed by atoms with van der Waals surface area (Å²) in [6.07, 6.45) is 15.6. The predicted molar refractivity (Wildman–Crippen MR) is 119 cm³/mol. The molecule has 0 bridgehead atoms. The van der Waals surface area contributed by atoms with Crippen molar-refractivity contribution in [2.24, 2.45) is 17.3 Å². The first-order chi connectivity index (χ1) is 15.1. The van der Waals surface area contributed by atoms with E-state index in [1.165, 1.54) is 44.1 Å². The smallest absolute Gasteiger partial charge is 0.318 e. The minimum atomic E-state index is 0.0357. The molecule has 4 aliphatic rings. The fourth-order valence-corrected chi connectivity index (χ4v) is 6.18. The Hall–Kier alpha value is -2.11. The van der Waals surface area contributed by atoms with Crippen LogP contribution in [-0.2, 0) is 17.9 Å². The topological polar surface area (TPSA) is 65.5 Å². The lowest BCUT2D eigenvalue weighted by atomic mass is 9.85. The fraction of sp³-hybridized carbons (Fsp3) is 0.720. The average Bonchev–Trinajstić information content (AvgIpc) is 3.28. The lowest BCUT2D eigenvalue weighted by Gasteiger charge is -2.33. The van der Waals surface area contributed by atoms with E-state index in [0.29, 0.717) is 30.3 Å². The van der Waals surface area contributed by atoms with Gasteiger partial charge in [0.15, 0.2) is 0 Å². The summed E-state index contributed by atoms with van der Waals surface area (Å²) in [5.41, 5.74) is 2.72. The minimum Gasteiger partial charge on any atom is -0.343 e. The van der Waals surface area contributed by atoms with Crippen LogP contribution in [0.25, 0.3) is 0 Å². The molecular formula is C25H36N4O2. The Balaban J connectivity index is 1.01. The molecule has 1 saturated heterocycles. The highest BCUT2D eigenvalue weighted by Gasteiger charge is 2.54. The van der Waals surface area contributed by atoms with Gasteiger partial charge in [0.2, 0.25) is 5.91 Å². The number of hydrogen-bond acceptors (Lipinski definition) is 3. The number of aromatic nitrogens is 1. The first kappa shape index (κ1) is 20.8. The number of fused-ring (bicyclic) bond motifs is 1. The summed E-state index contributed by atoms with van der Waals surface area (Å²) in [7, 11) is 0. The van der Waals surface area contributed by atoms with Gasteiger partial charge in [0.05, 0.1) is 0 Å². The quantitative estimate of drug-likeness (QED) is 0.774. The summed E-state index contributed by atoms with van der Waals surface area (Å²) in [4.78, 5) is 33.4. The summed E-state index contributed by atoms with van der Waals surface area (Å²) in [5, 5.41) is 3.17. The summed E-state index contributed by atoms with van der Waals surface area (Å²) in [5.74, 6) is 1.72. The second-order valence-electron chi connectivity index (χ2n) is 10.4. The second-order valence-corrected chi connectivity index (χ2v) is 10.4. The second kappa shape index (κ2) is 8.79. The van der Waals surface area contributed by atoms with Crippen LogP contribution in [-0.4, -0.2) is 46.4 Å². The highest BCUT2D eigenvalue weighted by molar-refractivity contribution is 5.76. The fourth-order valence-electron chi connectivity index (χ4n) is 6.18. The Bertz CT molecular complexity index is 786. The van der Waals surface area contributed by atoms with Crippen LogP contribution in [0.4, 0.5) is 4.79 Å². The van der Waals surface area contributed by atoms with Gasteiger partial charge in [0.25, 0.3) is 0 Å². The van der Waals surface area contributed by atoms with Gasteiger partial charge in [-0.25, -0.2) is 4.79 Å². The van der Waals surface area contributed by atoms with Crippen molar-refractivity contribution < 1.29 is 9.59 Å². The minimum absolute atomic E-state index is 0.0357. The number of carbonyl (C=O) groups is 2. The number of rotatable bonds is 5. The van der Waals surface area contributed by atoms with Gasteiger partial charge in [0, 0.05) is 51.5 Å². The Morgan fingerprint density at radius 3 is 2.61 bits per heavy atom. The molecule has 3 heterocycles. The molecule has 31 heavy (non-hydrogen) atoms. The molecule has 1 aromatic rings. The summed E-state index contributed by atoms with van der Waals surface area (Å²) in [6.45, 7) is 3.91. The van der Waals surface area contributed by atoms with E-state index >= 15 is 0 Å². The highest BCUT2D eigenvalue weighted by Crippen LogP contribution is 2.59. The van der Waals surface area contributed by atoms with E-state index in [9.17, 15) is 9.59 Å². The number of carbonyl (C=O) groups excluding carboxylic acids is 2. The normalized spacial score (nSPS) is 24.8. The molecule has 1 atom stereocenters. The third kappa shape index (κ3) is 4.58. The summed E-state index contributed by atoms with van der Waals surface area (Å²) in [6, 6.07) is 2.04. The third-order valence-electron chi connectivity index (χ3n) is 8.48. The zero-order valence-electron chi connectivity index (χ0n) is 18.7. The number of urea groups is 1. The predicted octanol–water partition coefficient (Wildman–Crippen LogP) is 4.10. The number of amides is 3. The third-order valence-corrected chi connectivity index (χ3v) is 8.48. The van der Waals surface area contributed by atoms with Crippen molar-refractivity contribution in [1.29, 1.82) is 0 Å². The van der Waals surface area contributed by atoms with E-state index in [1.807, 2.05) is 17.2 Å². The molecule has 1 spiro atoms. The van der Waals surface area contributed by atoms with Gasteiger partial charge >= 0.3 is 6.03 Å². The molecule has 1 N–H and O–H groups in total. The van der Waals surface area contributed by atoms with E-state index in [4.69, 9.17) is 0 Å². The Labute approximate surface area is 185 Å². The van der Waals surface area contributed by atoms with Gasteiger partial charge < -0.3 is 15.1 Å². The number of piperidine rings is 1. The van der Waals surface area contributed by atoms with Gasteiger partial charge in [-0.05, 0) is 60.1 Å². The van der Waals surface area contributed by atoms with Crippen molar-refractivity contribution in [2.75, 3.05) is 19.6 Å². The van der Waals surface area contributed by atoms with Gasteiger partial charge in [-0.2, -0.15) is 0 Å². The Kier molecular flexibility index (Phi) is 5.89. The van der Waals surface area contributed by atoms with Gasteiger partial charge in [-0.15, -0.1) is 0 Å². The molecule has 2 aliphatic carbocycles. The standard InChI is InChI=1S/C25H36N4O2/c30-23(7-6-19-4-2-1-3-5-19)28-12-9-25(10-13-28)14-22(25)16-27-24(31)29-17-20-8-11-26-15-21(20)18-29/h8,11,15,19,22H,1-7,9-10,12-14,16-18H2,(H,27,31). The molecule has 1 aromatic heterocycles. The van der Waals surface area contributed by atoms with Crippen molar-refractivity contribution in [3.8, 4) is 0 Å². The van der Waals surface area contributed by atoms with E-state index < -0.39 is 0 Å². The number of nitrogens with one attached hydrogen (secondary N) is 1. The van der Waals surface area contributed by atoms with Crippen molar-refractivity contribution in [2.45, 2.75) is 77.3 Å². The van der Waals surface area contributed by atoms with Crippen LogP contribution < -0.4 is 5.32 Å². The Morgan fingerprint density at radius 1 is 1.06 bits per heavy atom. The SMILES string of the molecule is O=C(CCC1CCCCC1)N1CCC2(CC1)CC2CNC(=O)N1Cc2ccncc2C1. The van der Waals surface area contributed by atoms with Gasteiger partial charge in [-0.1, -0.05) is 32.1 Å². The molecule has 5 rings (SSSR count). The first-order valence-corrected chi connectivity index (χ1v) is 12.4. The molecule has 6 nitrogen and oxygen atoms in total. The largest absolute Gasteiger partial charge is 0.343 e. The maximum absolute atomic E-state index is 12.7. The van der Waals surface area contributed by atoms with Crippen molar-refractivity contribution >= 4 is 11.9 Å². The van der Waals surface area contributed by atoms with Crippen molar-refractivity contribution in [3.05, 3.63) is 29.6 Å². The van der Waals surface area contributed by atoms with Crippen LogP contribution in [0.15, 0.2) is 18.5 Å². The molecule has 3 amide bonds. The van der Waals surface area contributed by atoms with Crippen LogP contribution in [0.5, 0.6) is 0 Å². The number of hydrogen-bond donors (Lipinski definition) is 1. The van der Waals surface area contributed by atoms with Crippen LogP contribution in [0.2, 0.25) is 0 Å². The highest BCUT2D eigenvalue weighted by atomic mass is 16.2. The maximum Gasteiger partial charge on any atom is 0.318 e. The number of pyridine rings is 1. The lowest BCUT2D eigenvalue weighted by molar-refractivity contribution is -0.133. The first-order valence-electron chi connectivity index (χ1n) is 12.4. The summed E-state index contributed by atoms with van der Waals surface area (Å²) >= 11 is 0. The van der Waals surface area contributed by atoms with Crippen LogP contribution in [0, 0.1) is 17.3 Å². The molecule has 2 saturated carbocycles. The monoisotopic (exact) mass is 424 g/mol. The van der Waals surface area contributed by atoms with E-state index in [2.05, 4.69) is 15.2 Å². The molecule has 3 fully saturated rings. The van der Waals surface area contributed by atoms with Gasteiger partial charge in [0.1, 0.15) is 0 Å². The Morgan fingerprint density at radius 2 is 1.84 bits per heavy atom. The molecule has 0 aromatic carbocycles. The van der Waals surface area contributed by atoms with E-state index in [1.54, 1.807) is 6.20 Å². The van der Waals surface area contributed by atoms with Crippen molar-refractivity contribution in [3.63, 3.8) is 0 Å². The number of likely N-dealkylation sites (tertiary alicyclic amines) is 1. The molecule has 2 aliphatic heterocycles. The molecule has 6 heteroatoms. The van der Waals surface area contributed by atoms with Crippen LogP contribution >= 0.6 is 0 Å². The zero-order valence-corrected chi connectivity index (χ0v) is 18.7. The van der Waals surface area contributed by atoms with Crippen LogP contribution in [0.1, 0.15) is 75.3 Å². The molecule has 168 valence electrons. The van der Waals surface area contributed by atoms with Crippen molar-refractivity contribution in [1.82, 2.24) is 20.1 Å². The zero-order chi connectivity index (χ0) is 21.3. The number of nitrogens with zero attached hydrogens (tertiary/aromatic N) is 3. The molecular weight excluding hydrogens is 388 g/mol. The maximum atomic E-state index is 12.7. The van der Waals surface area contributed by atoms with E-state index in [0.717, 1.165) is 56.8 Å². The molecule has 1 unspecified atom stereocenters. The molecule has 0 radical (unpaired) electrons.